The highest BCUT2D eigenvalue weighted by molar-refractivity contribution is 7.92. The average molecular weight is 365 g/mol. The van der Waals surface area contributed by atoms with Gasteiger partial charge in [0.2, 0.25) is 15.9 Å². The maximum atomic E-state index is 12.5. The van der Waals surface area contributed by atoms with Gasteiger partial charge in [-0.05, 0) is 58.1 Å². The molecule has 0 fully saturated rings. The van der Waals surface area contributed by atoms with E-state index < -0.39 is 16.1 Å². The van der Waals surface area contributed by atoms with E-state index in [1.807, 2.05) is 19.1 Å². The molecular weight excluding hydrogens is 336 g/mol. The van der Waals surface area contributed by atoms with E-state index in [-0.39, 0.29) is 5.91 Å². The summed E-state index contributed by atoms with van der Waals surface area (Å²) in [5.74, 6) is -0.276. The molecule has 1 aliphatic rings. The second-order valence-corrected chi connectivity index (χ2v) is 8.58. The summed E-state index contributed by atoms with van der Waals surface area (Å²) in [5.41, 5.74) is 2.93. The second-order valence-electron chi connectivity index (χ2n) is 6.72. The van der Waals surface area contributed by atoms with E-state index in [0.29, 0.717) is 12.2 Å². The van der Waals surface area contributed by atoms with Crippen LogP contribution in [0.15, 0.2) is 35.9 Å². The summed E-state index contributed by atoms with van der Waals surface area (Å²) in [6, 6.07) is 6.35. The fourth-order valence-electron chi connectivity index (χ4n) is 3.13. The first kappa shape index (κ1) is 19.5. The minimum absolute atomic E-state index is 0.276. The lowest BCUT2D eigenvalue weighted by atomic mass is 9.97. The van der Waals surface area contributed by atoms with E-state index in [2.05, 4.69) is 11.4 Å². The lowest BCUT2D eigenvalue weighted by molar-refractivity contribution is -0.121. The van der Waals surface area contributed by atoms with E-state index in [4.69, 9.17) is 0 Å². The number of amides is 1. The third-order valence-electron chi connectivity index (χ3n) is 4.51. The third kappa shape index (κ3) is 5.59. The van der Waals surface area contributed by atoms with Crippen molar-refractivity contribution in [2.24, 2.45) is 0 Å². The molecule has 1 aromatic rings. The summed E-state index contributed by atoms with van der Waals surface area (Å²) >= 11 is 0. The Morgan fingerprint density at radius 2 is 1.92 bits per heavy atom. The molecule has 1 N–H and O–H groups in total. The van der Waals surface area contributed by atoms with Crippen molar-refractivity contribution in [1.82, 2.24) is 5.32 Å². The van der Waals surface area contributed by atoms with Crippen molar-refractivity contribution in [3.63, 3.8) is 0 Å². The Hall–Kier alpha value is -1.82. The molecule has 0 bridgehead atoms. The van der Waals surface area contributed by atoms with Gasteiger partial charge in [-0.2, -0.15) is 0 Å². The van der Waals surface area contributed by atoms with Crippen molar-refractivity contribution >= 4 is 21.6 Å². The van der Waals surface area contributed by atoms with Crippen LogP contribution >= 0.6 is 0 Å². The van der Waals surface area contributed by atoms with Gasteiger partial charge in [0.25, 0.3) is 0 Å². The van der Waals surface area contributed by atoms with Gasteiger partial charge in [0.05, 0.1) is 11.9 Å². The van der Waals surface area contributed by atoms with Crippen LogP contribution in [0, 0.1) is 6.92 Å². The Labute approximate surface area is 151 Å². The molecule has 1 atom stereocenters. The molecule has 1 amide bonds. The van der Waals surface area contributed by atoms with Gasteiger partial charge < -0.3 is 5.32 Å². The smallest absolute Gasteiger partial charge is 0.243 e. The van der Waals surface area contributed by atoms with Crippen LogP contribution in [-0.2, 0) is 14.8 Å². The number of carbonyl (C=O) groups excluding carboxylic acids is 1. The quantitative estimate of drug-likeness (QED) is 0.756. The number of hydrogen-bond acceptors (Lipinski definition) is 3. The lowest BCUT2D eigenvalue weighted by Crippen LogP contribution is -2.48. The molecule has 138 valence electrons. The molecule has 0 radical (unpaired) electrons. The van der Waals surface area contributed by atoms with Gasteiger partial charge in [0.1, 0.15) is 6.04 Å². The predicted octanol–water partition coefficient (Wildman–Crippen LogP) is 3.16. The molecule has 0 aliphatic heterocycles. The van der Waals surface area contributed by atoms with Crippen molar-refractivity contribution in [3.05, 3.63) is 41.5 Å². The summed E-state index contributed by atoms with van der Waals surface area (Å²) in [5, 5.41) is 2.88. The minimum Gasteiger partial charge on any atom is -0.354 e. The first-order chi connectivity index (χ1) is 11.8. The molecule has 0 saturated carbocycles. The van der Waals surface area contributed by atoms with E-state index in [0.717, 1.165) is 31.1 Å². The maximum absolute atomic E-state index is 12.5. The first-order valence-corrected chi connectivity index (χ1v) is 10.7. The van der Waals surface area contributed by atoms with Crippen LogP contribution < -0.4 is 9.62 Å². The number of aryl methyl sites for hydroxylation is 1. The van der Waals surface area contributed by atoms with E-state index in [1.165, 1.54) is 22.7 Å². The molecule has 1 aromatic carbocycles. The fourth-order valence-corrected chi connectivity index (χ4v) is 4.30. The molecule has 0 unspecified atom stereocenters. The molecule has 5 nitrogen and oxygen atoms in total. The topological polar surface area (TPSA) is 66.5 Å². The van der Waals surface area contributed by atoms with Crippen LogP contribution in [0.25, 0.3) is 0 Å². The Kier molecular flexibility index (Phi) is 6.64. The van der Waals surface area contributed by atoms with Gasteiger partial charge in [0.15, 0.2) is 0 Å². The normalized spacial score (nSPS) is 16.0. The monoisotopic (exact) mass is 364 g/mol. The summed E-state index contributed by atoms with van der Waals surface area (Å²) in [6.07, 6.45) is 8.90. The van der Waals surface area contributed by atoms with E-state index in [1.54, 1.807) is 19.1 Å². The van der Waals surface area contributed by atoms with Gasteiger partial charge in [-0.25, -0.2) is 8.42 Å². The fraction of sp³-hybridized carbons (Fsp3) is 0.526. The average Bonchev–Trinajstić information content (AvgIpc) is 2.56. The molecule has 0 spiro atoms. The van der Waals surface area contributed by atoms with E-state index in [9.17, 15) is 13.2 Å². The van der Waals surface area contributed by atoms with Gasteiger partial charge in [-0.15, -0.1) is 0 Å². The molecule has 6 heteroatoms. The van der Waals surface area contributed by atoms with Crippen LogP contribution in [0.4, 0.5) is 5.69 Å². The number of rotatable bonds is 7. The van der Waals surface area contributed by atoms with Crippen molar-refractivity contribution in [2.75, 3.05) is 17.1 Å². The summed E-state index contributed by atoms with van der Waals surface area (Å²) in [4.78, 5) is 12.5. The predicted molar refractivity (Wildman–Crippen MR) is 102 cm³/mol. The largest absolute Gasteiger partial charge is 0.354 e. The minimum atomic E-state index is -3.56. The molecule has 0 heterocycles. The van der Waals surface area contributed by atoms with Gasteiger partial charge in [0, 0.05) is 6.54 Å². The van der Waals surface area contributed by atoms with Crippen molar-refractivity contribution < 1.29 is 13.2 Å². The lowest BCUT2D eigenvalue weighted by Gasteiger charge is -2.28. The van der Waals surface area contributed by atoms with Crippen molar-refractivity contribution in [3.8, 4) is 0 Å². The summed E-state index contributed by atoms with van der Waals surface area (Å²) < 4.78 is 25.6. The number of benzene rings is 1. The van der Waals surface area contributed by atoms with Crippen LogP contribution in [0.3, 0.4) is 0 Å². The number of sulfonamides is 1. The molecule has 2 rings (SSSR count). The molecular formula is C19H28N2O3S. The first-order valence-electron chi connectivity index (χ1n) is 8.81. The van der Waals surface area contributed by atoms with Gasteiger partial charge in [-0.1, -0.05) is 29.3 Å². The number of nitrogens with one attached hydrogen (secondary N) is 1. The Morgan fingerprint density at radius 1 is 1.24 bits per heavy atom. The standard InChI is InChI=1S/C19H28N2O3S/c1-15-9-11-18(12-10-15)21(25(3,23)24)16(2)19(22)20-14-13-17-7-5-4-6-8-17/h7,9-12,16H,4-6,8,13-14H2,1-3H3,(H,20,22)/t16-/m1/s1. The van der Waals surface area contributed by atoms with Crippen molar-refractivity contribution in [1.29, 1.82) is 0 Å². The molecule has 0 saturated heterocycles. The summed E-state index contributed by atoms with van der Waals surface area (Å²) in [7, 11) is -3.56. The van der Waals surface area contributed by atoms with Crippen LogP contribution in [0.1, 0.15) is 44.6 Å². The Bertz CT molecular complexity index is 724. The third-order valence-corrected chi connectivity index (χ3v) is 5.75. The SMILES string of the molecule is Cc1ccc(N([C@H](C)C(=O)NCCC2=CCCCC2)S(C)(=O)=O)cc1. The number of anilines is 1. The van der Waals surface area contributed by atoms with Crippen LogP contribution in [0.2, 0.25) is 0 Å². The van der Waals surface area contributed by atoms with Gasteiger partial charge >= 0.3 is 0 Å². The molecule has 25 heavy (non-hydrogen) atoms. The number of nitrogens with zero attached hydrogens (tertiary/aromatic N) is 1. The molecule has 0 aromatic heterocycles. The zero-order chi connectivity index (χ0) is 18.4. The highest BCUT2D eigenvalue weighted by Crippen LogP contribution is 2.22. The van der Waals surface area contributed by atoms with E-state index >= 15 is 0 Å². The highest BCUT2D eigenvalue weighted by atomic mass is 32.2. The number of carbonyl (C=O) groups is 1. The highest BCUT2D eigenvalue weighted by Gasteiger charge is 2.28. The van der Waals surface area contributed by atoms with Crippen LogP contribution in [-0.4, -0.2) is 33.2 Å². The maximum Gasteiger partial charge on any atom is 0.243 e. The Morgan fingerprint density at radius 3 is 2.48 bits per heavy atom. The zero-order valence-corrected chi connectivity index (χ0v) is 16.1. The molecule has 1 aliphatic carbocycles. The second kappa shape index (κ2) is 8.52. The number of allylic oxidation sites excluding steroid dienone is 1. The van der Waals surface area contributed by atoms with Crippen LogP contribution in [0.5, 0.6) is 0 Å². The van der Waals surface area contributed by atoms with Crippen molar-refractivity contribution in [2.45, 2.75) is 52.0 Å². The van der Waals surface area contributed by atoms with Gasteiger partial charge in [-0.3, -0.25) is 9.10 Å². The zero-order valence-electron chi connectivity index (χ0n) is 15.3. The summed E-state index contributed by atoms with van der Waals surface area (Å²) in [6.45, 7) is 4.10. The Balaban J connectivity index is 2.02. The number of hydrogen-bond donors (Lipinski definition) is 1.